The number of hydrogen-bond donors (Lipinski definition) is 2. The van der Waals surface area contributed by atoms with E-state index in [1.807, 2.05) is 61.2 Å². The summed E-state index contributed by atoms with van der Waals surface area (Å²) in [5.41, 5.74) is 4.58. The summed E-state index contributed by atoms with van der Waals surface area (Å²) in [7, 11) is 0. The lowest BCUT2D eigenvalue weighted by atomic mass is 10.1. The molecule has 1 heterocycles. The summed E-state index contributed by atoms with van der Waals surface area (Å²) < 4.78 is 0. The van der Waals surface area contributed by atoms with Gasteiger partial charge in [-0.2, -0.15) is 0 Å². The van der Waals surface area contributed by atoms with E-state index >= 15 is 0 Å². The van der Waals surface area contributed by atoms with Gasteiger partial charge in [-0.3, -0.25) is 9.59 Å². The molecule has 5 heteroatoms. The maximum Gasteiger partial charge on any atom is 0.253 e. The van der Waals surface area contributed by atoms with Crippen molar-refractivity contribution in [3.63, 3.8) is 0 Å². The van der Waals surface area contributed by atoms with E-state index in [9.17, 15) is 9.59 Å². The molecule has 1 fully saturated rings. The summed E-state index contributed by atoms with van der Waals surface area (Å²) in [5, 5.41) is 6.04. The summed E-state index contributed by atoms with van der Waals surface area (Å²) in [5.74, 6) is -0.00825. The zero-order chi connectivity index (χ0) is 19.2. The van der Waals surface area contributed by atoms with Gasteiger partial charge < -0.3 is 15.5 Å². The number of aryl methyl sites for hydroxylation is 1. The van der Waals surface area contributed by atoms with Gasteiger partial charge in [0, 0.05) is 30.0 Å². The Balaban J connectivity index is 1.53. The molecule has 3 rings (SSSR count). The van der Waals surface area contributed by atoms with E-state index in [2.05, 4.69) is 10.6 Å². The van der Waals surface area contributed by atoms with Crippen LogP contribution in [0.1, 0.15) is 40.7 Å². The van der Waals surface area contributed by atoms with Gasteiger partial charge in [-0.1, -0.05) is 12.1 Å². The van der Waals surface area contributed by atoms with Gasteiger partial charge in [0.1, 0.15) is 0 Å². The van der Waals surface area contributed by atoms with Crippen LogP contribution in [0.5, 0.6) is 0 Å². The molecule has 27 heavy (non-hydrogen) atoms. The Labute approximate surface area is 160 Å². The second-order valence-electron chi connectivity index (χ2n) is 7.08. The van der Waals surface area contributed by atoms with Gasteiger partial charge in [0.2, 0.25) is 5.91 Å². The third kappa shape index (κ3) is 4.88. The minimum Gasteiger partial charge on any atom is -0.376 e. The Morgan fingerprint density at radius 2 is 1.67 bits per heavy atom. The topological polar surface area (TPSA) is 61.4 Å². The third-order valence-corrected chi connectivity index (χ3v) is 5.11. The minimum absolute atomic E-state index is 0.0916. The van der Waals surface area contributed by atoms with Crippen molar-refractivity contribution in [2.24, 2.45) is 0 Å². The molecule has 5 nitrogen and oxygen atoms in total. The van der Waals surface area contributed by atoms with Crippen molar-refractivity contribution in [3.05, 3.63) is 59.2 Å². The van der Waals surface area contributed by atoms with Crippen LogP contribution in [0, 0.1) is 13.8 Å². The Morgan fingerprint density at radius 3 is 2.37 bits per heavy atom. The molecule has 0 aromatic heterocycles. The summed E-state index contributed by atoms with van der Waals surface area (Å²) in [6.07, 6.45) is 3.37. The van der Waals surface area contributed by atoms with Crippen LogP contribution >= 0.6 is 0 Å². The van der Waals surface area contributed by atoms with E-state index in [4.69, 9.17) is 0 Å². The number of carbonyl (C=O) groups excluding carboxylic acids is 2. The van der Waals surface area contributed by atoms with Gasteiger partial charge >= 0.3 is 0 Å². The molecular formula is C22H27N3O2. The van der Waals surface area contributed by atoms with Gasteiger partial charge in [-0.25, -0.2) is 0 Å². The van der Waals surface area contributed by atoms with Gasteiger partial charge in [0.25, 0.3) is 5.91 Å². The van der Waals surface area contributed by atoms with Crippen LogP contribution < -0.4 is 10.6 Å². The first-order chi connectivity index (χ1) is 13.0. The zero-order valence-corrected chi connectivity index (χ0v) is 16.0. The summed E-state index contributed by atoms with van der Waals surface area (Å²) >= 11 is 0. The van der Waals surface area contributed by atoms with Crippen molar-refractivity contribution in [2.75, 3.05) is 30.3 Å². The summed E-state index contributed by atoms with van der Waals surface area (Å²) in [4.78, 5) is 26.6. The lowest BCUT2D eigenvalue weighted by Gasteiger charge is -2.26. The van der Waals surface area contributed by atoms with E-state index < -0.39 is 0 Å². The molecule has 2 aromatic rings. The van der Waals surface area contributed by atoms with Crippen LogP contribution in [0.25, 0.3) is 0 Å². The lowest BCUT2D eigenvalue weighted by molar-refractivity contribution is -0.114. The van der Waals surface area contributed by atoms with Gasteiger partial charge in [0.05, 0.1) is 6.54 Å². The minimum atomic E-state index is -0.0998. The molecule has 0 unspecified atom stereocenters. The average molecular weight is 365 g/mol. The molecular weight excluding hydrogens is 338 g/mol. The highest BCUT2D eigenvalue weighted by Crippen LogP contribution is 2.18. The van der Waals surface area contributed by atoms with Crippen molar-refractivity contribution in [2.45, 2.75) is 33.1 Å². The fraction of sp³-hybridized carbons (Fsp3) is 0.364. The number of carbonyl (C=O) groups is 2. The van der Waals surface area contributed by atoms with Crippen molar-refractivity contribution in [1.29, 1.82) is 0 Å². The van der Waals surface area contributed by atoms with Crippen LogP contribution in [0.15, 0.2) is 42.5 Å². The average Bonchev–Trinajstić information content (AvgIpc) is 2.70. The van der Waals surface area contributed by atoms with Crippen LogP contribution in [0.4, 0.5) is 11.4 Å². The number of hydrogen-bond acceptors (Lipinski definition) is 3. The van der Waals surface area contributed by atoms with Gasteiger partial charge in [-0.05, 0) is 74.6 Å². The number of amides is 2. The van der Waals surface area contributed by atoms with Gasteiger partial charge in [-0.15, -0.1) is 0 Å². The predicted octanol–water partition coefficient (Wildman–Crippen LogP) is 3.98. The Bertz CT molecular complexity index is 809. The number of nitrogens with one attached hydrogen (secondary N) is 2. The van der Waals surface area contributed by atoms with E-state index in [1.54, 1.807) is 0 Å². The van der Waals surface area contributed by atoms with E-state index in [-0.39, 0.29) is 18.4 Å². The molecule has 1 aliphatic rings. The monoisotopic (exact) mass is 365 g/mol. The van der Waals surface area contributed by atoms with E-state index in [1.165, 1.54) is 6.42 Å². The molecule has 0 spiro atoms. The maximum atomic E-state index is 12.5. The fourth-order valence-corrected chi connectivity index (χ4v) is 3.27. The number of nitrogens with zero attached hydrogens (tertiary/aromatic N) is 1. The molecule has 0 bridgehead atoms. The number of benzene rings is 2. The molecule has 0 saturated carbocycles. The molecule has 0 aliphatic carbocycles. The van der Waals surface area contributed by atoms with Crippen LogP contribution in [0.3, 0.4) is 0 Å². The fourth-order valence-electron chi connectivity index (χ4n) is 3.27. The number of likely N-dealkylation sites (tertiary alicyclic amines) is 1. The zero-order valence-electron chi connectivity index (χ0n) is 16.0. The quantitative estimate of drug-likeness (QED) is 0.842. The molecule has 1 saturated heterocycles. The second kappa shape index (κ2) is 8.71. The second-order valence-corrected chi connectivity index (χ2v) is 7.08. The Morgan fingerprint density at radius 1 is 0.963 bits per heavy atom. The molecule has 2 amide bonds. The first kappa shape index (κ1) is 19.0. The highest BCUT2D eigenvalue weighted by molar-refractivity contribution is 5.95. The van der Waals surface area contributed by atoms with Crippen LogP contribution in [0.2, 0.25) is 0 Å². The van der Waals surface area contributed by atoms with E-state index in [0.717, 1.165) is 48.4 Å². The molecule has 2 aromatic carbocycles. The molecule has 0 atom stereocenters. The van der Waals surface area contributed by atoms with Crippen molar-refractivity contribution >= 4 is 23.2 Å². The van der Waals surface area contributed by atoms with Crippen molar-refractivity contribution < 1.29 is 9.59 Å². The number of piperidine rings is 1. The maximum absolute atomic E-state index is 12.5. The first-order valence-electron chi connectivity index (χ1n) is 9.54. The molecule has 0 radical (unpaired) electrons. The Kier molecular flexibility index (Phi) is 6.12. The van der Waals surface area contributed by atoms with Crippen LogP contribution in [-0.2, 0) is 4.79 Å². The van der Waals surface area contributed by atoms with Crippen molar-refractivity contribution in [1.82, 2.24) is 4.90 Å². The molecule has 1 aliphatic heterocycles. The molecule has 2 N–H and O–H groups in total. The van der Waals surface area contributed by atoms with E-state index in [0.29, 0.717) is 5.56 Å². The smallest absolute Gasteiger partial charge is 0.253 e. The Hall–Kier alpha value is -2.82. The van der Waals surface area contributed by atoms with Gasteiger partial charge in [0.15, 0.2) is 0 Å². The van der Waals surface area contributed by atoms with Crippen LogP contribution in [-0.4, -0.2) is 36.3 Å². The normalized spacial score (nSPS) is 13.9. The summed E-state index contributed by atoms with van der Waals surface area (Å²) in [6, 6.07) is 13.2. The van der Waals surface area contributed by atoms with Crippen molar-refractivity contribution in [3.8, 4) is 0 Å². The first-order valence-corrected chi connectivity index (χ1v) is 9.54. The lowest BCUT2D eigenvalue weighted by Crippen LogP contribution is -2.35. The number of anilines is 2. The standard InChI is InChI=1S/C22H27N3O2/c1-16-7-6-8-20(17(16)2)24-21(26)15-23-19-11-9-18(10-12-19)22(27)25-13-4-3-5-14-25/h6-12,23H,3-5,13-15H2,1-2H3,(H,24,26). The highest BCUT2D eigenvalue weighted by Gasteiger charge is 2.17. The number of rotatable bonds is 5. The molecule has 142 valence electrons. The predicted molar refractivity (Wildman–Crippen MR) is 109 cm³/mol. The third-order valence-electron chi connectivity index (χ3n) is 5.11. The highest BCUT2D eigenvalue weighted by atomic mass is 16.2. The summed E-state index contributed by atoms with van der Waals surface area (Å²) in [6.45, 7) is 5.88. The SMILES string of the molecule is Cc1cccc(NC(=O)CNc2ccc(C(=O)N3CCCCC3)cc2)c1C. The largest absolute Gasteiger partial charge is 0.376 e.